The number of rotatable bonds is 1. The second kappa shape index (κ2) is 3.80. The summed E-state index contributed by atoms with van der Waals surface area (Å²) in [5.74, 6) is 0. The number of carbonyl (C=O) groups excluding carboxylic acids is 2. The van der Waals surface area contributed by atoms with Crippen LogP contribution >= 0.6 is 0 Å². The Morgan fingerprint density at radius 1 is 1.60 bits per heavy atom. The van der Waals surface area contributed by atoms with Crippen molar-refractivity contribution in [3.05, 3.63) is 0 Å². The van der Waals surface area contributed by atoms with E-state index in [2.05, 4.69) is 4.74 Å². The fraction of sp³-hybridized carbons (Fsp3) is 0.667. The molecule has 0 unspecified atom stereocenters. The Balaban J connectivity index is 4.39. The van der Waals surface area contributed by atoms with Crippen molar-refractivity contribution in [2.45, 2.75) is 19.9 Å². The Hall–Kier alpha value is -1.15. The van der Waals surface area contributed by atoms with E-state index in [1.165, 1.54) is 13.2 Å². The molecule has 4 heteroatoms. The molecule has 0 heterocycles. The normalized spacial score (nSPS) is 8.80. The van der Waals surface area contributed by atoms with Crippen LogP contribution in [-0.4, -0.2) is 29.9 Å². The standard InChI is InChI=1S/C6H10NO3/c1-5(2)7(4-8)6(9)10-3/h5H,1-3H3/q+1. The van der Waals surface area contributed by atoms with Crippen LogP contribution in [0.3, 0.4) is 0 Å². The number of isocyanates is 1. The molecular weight excluding hydrogens is 134 g/mol. The highest BCUT2D eigenvalue weighted by atomic mass is 16.5. The van der Waals surface area contributed by atoms with Gasteiger partial charge in [-0.05, 0) is 18.4 Å². The molecule has 0 aliphatic rings. The van der Waals surface area contributed by atoms with E-state index >= 15 is 0 Å². The third-order valence-corrected chi connectivity index (χ3v) is 0.986. The molecule has 0 N–H and O–H groups in total. The molecule has 56 valence electrons. The monoisotopic (exact) mass is 144 g/mol. The lowest BCUT2D eigenvalue weighted by atomic mass is 10.4. The molecule has 0 aliphatic carbocycles. The van der Waals surface area contributed by atoms with E-state index < -0.39 is 6.09 Å². The fourth-order valence-electron chi connectivity index (χ4n) is 0.452. The first kappa shape index (κ1) is 8.85. The minimum absolute atomic E-state index is 0.204. The summed E-state index contributed by atoms with van der Waals surface area (Å²) in [5.41, 5.74) is 0. The lowest BCUT2D eigenvalue weighted by molar-refractivity contribution is -0.475. The van der Waals surface area contributed by atoms with Crippen molar-refractivity contribution in [1.82, 2.24) is 0 Å². The van der Waals surface area contributed by atoms with Crippen molar-refractivity contribution < 1.29 is 18.9 Å². The average Bonchev–Trinajstić information content (AvgIpc) is 1.88. The van der Waals surface area contributed by atoms with Crippen LogP contribution in [0.2, 0.25) is 0 Å². The van der Waals surface area contributed by atoms with Gasteiger partial charge in [0, 0.05) is 0 Å². The highest BCUT2D eigenvalue weighted by Gasteiger charge is 2.22. The maximum atomic E-state index is 10.6. The molecule has 0 aliphatic heterocycles. The number of hydrogen-bond donors (Lipinski definition) is 0. The topological polar surface area (TPSA) is 46.4 Å². The first-order valence-electron chi connectivity index (χ1n) is 2.88. The van der Waals surface area contributed by atoms with Crippen LogP contribution in [0.15, 0.2) is 0 Å². The molecule has 1 amide bonds. The number of carbonyl (C=O) groups is 1. The van der Waals surface area contributed by atoms with Crippen molar-refractivity contribution in [1.29, 1.82) is 0 Å². The Morgan fingerprint density at radius 3 is 2.20 bits per heavy atom. The summed E-state index contributed by atoms with van der Waals surface area (Å²) >= 11 is 0. The summed E-state index contributed by atoms with van der Waals surface area (Å²) in [7, 11) is 1.22. The van der Waals surface area contributed by atoms with E-state index in [-0.39, 0.29) is 6.04 Å². The van der Waals surface area contributed by atoms with Crippen LogP contribution in [-0.2, 0) is 9.53 Å². The zero-order valence-electron chi connectivity index (χ0n) is 6.25. The Kier molecular flexibility index (Phi) is 3.36. The predicted octanol–water partition coefficient (Wildman–Crippen LogP) is 0.509. The molecular formula is C6H10NO3+. The minimum Gasteiger partial charge on any atom is -0.414 e. The van der Waals surface area contributed by atoms with Crippen LogP contribution in [0.5, 0.6) is 0 Å². The van der Waals surface area contributed by atoms with Crippen LogP contribution in [0.1, 0.15) is 13.8 Å². The van der Waals surface area contributed by atoms with Gasteiger partial charge in [0.25, 0.3) is 0 Å². The van der Waals surface area contributed by atoms with Crippen LogP contribution in [0.25, 0.3) is 0 Å². The lowest BCUT2D eigenvalue weighted by Crippen LogP contribution is -2.26. The van der Waals surface area contributed by atoms with Gasteiger partial charge < -0.3 is 4.74 Å². The van der Waals surface area contributed by atoms with Gasteiger partial charge in [-0.25, -0.2) is 0 Å². The van der Waals surface area contributed by atoms with Crippen molar-refractivity contribution in [2.75, 3.05) is 7.11 Å². The minimum atomic E-state index is -0.676. The SMILES string of the molecule is COC(=O)[N+](=C=O)C(C)C. The third kappa shape index (κ3) is 1.99. The predicted molar refractivity (Wildman–Crippen MR) is 33.5 cm³/mol. The second-order valence-electron chi connectivity index (χ2n) is 2.03. The van der Waals surface area contributed by atoms with Crippen LogP contribution in [0, 0.1) is 0 Å². The smallest absolute Gasteiger partial charge is 0.414 e. The van der Waals surface area contributed by atoms with Crippen molar-refractivity contribution >= 4 is 12.2 Å². The molecule has 10 heavy (non-hydrogen) atoms. The Morgan fingerprint density at radius 2 is 2.10 bits per heavy atom. The zero-order chi connectivity index (χ0) is 8.15. The fourth-order valence-corrected chi connectivity index (χ4v) is 0.452. The third-order valence-electron chi connectivity index (χ3n) is 0.986. The molecule has 0 saturated carbocycles. The zero-order valence-corrected chi connectivity index (χ0v) is 6.25. The van der Waals surface area contributed by atoms with Gasteiger partial charge in [0.2, 0.25) is 0 Å². The number of nitrogens with zero attached hydrogens (tertiary/aromatic N) is 1. The van der Waals surface area contributed by atoms with Crippen molar-refractivity contribution in [3.8, 4) is 0 Å². The summed E-state index contributed by atoms with van der Waals surface area (Å²) in [4.78, 5) is 20.7. The largest absolute Gasteiger partial charge is 0.608 e. The molecule has 0 bridgehead atoms. The molecule has 0 fully saturated rings. The van der Waals surface area contributed by atoms with E-state index in [4.69, 9.17) is 0 Å². The van der Waals surface area contributed by atoms with Gasteiger partial charge in [0.1, 0.15) is 0 Å². The average molecular weight is 144 g/mol. The number of amides is 1. The Bertz CT molecular complexity index is 179. The summed E-state index contributed by atoms with van der Waals surface area (Å²) in [6.07, 6.45) is 0.785. The highest BCUT2D eigenvalue weighted by molar-refractivity contribution is 5.60. The van der Waals surface area contributed by atoms with Gasteiger partial charge in [-0.1, -0.05) is 0 Å². The Labute approximate surface area is 59.1 Å². The van der Waals surface area contributed by atoms with E-state index in [1.807, 2.05) is 0 Å². The summed E-state index contributed by atoms with van der Waals surface area (Å²) in [5, 5.41) is 0. The van der Waals surface area contributed by atoms with Gasteiger partial charge >= 0.3 is 12.2 Å². The summed E-state index contributed by atoms with van der Waals surface area (Å²) < 4.78 is 5.14. The van der Waals surface area contributed by atoms with Crippen molar-refractivity contribution in [3.63, 3.8) is 0 Å². The molecule has 4 nitrogen and oxygen atoms in total. The summed E-state index contributed by atoms with van der Waals surface area (Å²) in [6.45, 7) is 3.39. The number of ether oxygens (including phenoxy) is 1. The van der Waals surface area contributed by atoms with Crippen molar-refractivity contribution in [2.24, 2.45) is 0 Å². The maximum absolute atomic E-state index is 10.6. The highest BCUT2D eigenvalue weighted by Crippen LogP contribution is 1.89. The first-order chi connectivity index (χ1) is 4.63. The number of methoxy groups -OCH3 is 1. The van der Waals surface area contributed by atoms with Crippen LogP contribution < -0.4 is 0 Å². The van der Waals surface area contributed by atoms with E-state index in [9.17, 15) is 9.59 Å². The molecule has 0 aromatic carbocycles. The van der Waals surface area contributed by atoms with E-state index in [0.29, 0.717) is 0 Å². The van der Waals surface area contributed by atoms with Gasteiger partial charge in [-0.15, -0.1) is 0 Å². The molecule has 0 spiro atoms. The molecule has 0 atom stereocenters. The number of hydrogen-bond acceptors (Lipinski definition) is 3. The van der Waals surface area contributed by atoms with Gasteiger partial charge in [0.05, 0.1) is 7.11 Å². The van der Waals surface area contributed by atoms with Gasteiger partial charge in [-0.2, -0.15) is 9.59 Å². The maximum Gasteiger partial charge on any atom is 0.608 e. The summed E-state index contributed by atoms with van der Waals surface area (Å²) in [6, 6.07) is -0.204. The van der Waals surface area contributed by atoms with E-state index in [1.54, 1.807) is 13.8 Å². The quantitative estimate of drug-likeness (QED) is 0.306. The van der Waals surface area contributed by atoms with Gasteiger partial charge in [-0.3, -0.25) is 0 Å². The van der Waals surface area contributed by atoms with Gasteiger partial charge in [0.15, 0.2) is 6.04 Å². The van der Waals surface area contributed by atoms with E-state index in [0.717, 1.165) is 4.58 Å². The molecule has 0 aromatic heterocycles. The second-order valence-corrected chi connectivity index (χ2v) is 2.03. The molecule has 0 rings (SSSR count). The first-order valence-corrected chi connectivity index (χ1v) is 2.88. The van der Waals surface area contributed by atoms with Crippen LogP contribution in [0.4, 0.5) is 4.79 Å². The molecule has 0 aromatic rings. The molecule has 0 radical (unpaired) electrons. The lowest BCUT2D eigenvalue weighted by Gasteiger charge is -1.95. The molecule has 0 saturated heterocycles.